The summed E-state index contributed by atoms with van der Waals surface area (Å²) in [6, 6.07) is 65.6. The molecule has 8 aromatic carbocycles. The summed E-state index contributed by atoms with van der Waals surface area (Å²) in [6.45, 7) is 21.1. The minimum atomic E-state index is 0.243. The summed E-state index contributed by atoms with van der Waals surface area (Å²) >= 11 is 0. The minimum absolute atomic E-state index is 0.243. The maximum Gasteiger partial charge on any atom is 0.130 e. The second kappa shape index (κ2) is 18.9. The van der Waals surface area contributed by atoms with Gasteiger partial charge in [-0.05, 0) is 137 Å². The molecule has 1 aromatic heterocycles. The number of anilines is 2. The van der Waals surface area contributed by atoms with Gasteiger partial charge < -0.3 is 4.90 Å². The van der Waals surface area contributed by atoms with Gasteiger partial charge in [-0.1, -0.05) is 196 Å². The average molecular weight is 894 g/mol. The number of fused-ring (bicyclic) bond motifs is 9. The number of rotatable bonds is 7. The molecule has 0 saturated carbocycles. The van der Waals surface area contributed by atoms with E-state index in [2.05, 4.69) is 251 Å². The second-order valence-electron chi connectivity index (χ2n) is 18.2. The first-order valence-electron chi connectivity index (χ1n) is 24.4. The molecule has 69 heavy (non-hydrogen) atoms. The lowest BCUT2D eigenvalue weighted by Gasteiger charge is -2.29. The summed E-state index contributed by atoms with van der Waals surface area (Å²) < 4.78 is 2.22. The number of aliphatic imine (C=N–C) groups is 1. The van der Waals surface area contributed by atoms with Crippen LogP contribution in [0.15, 0.2) is 218 Å². The van der Waals surface area contributed by atoms with E-state index >= 15 is 0 Å². The van der Waals surface area contributed by atoms with Crippen molar-refractivity contribution >= 4 is 55.9 Å². The zero-order chi connectivity index (χ0) is 47.8. The number of aryl methyl sites for hydroxylation is 2. The minimum Gasteiger partial charge on any atom is -0.333 e. The molecule has 3 nitrogen and oxygen atoms in total. The standard InChI is InChI=1S/C47H35N3.C17H18.C2H6/c1-30(37-20-12-14-35-27-34-13-6-7-17-38(34)47(35)37)48-31(2)49-43-21-10-8-18-39(43)41-28-32(23-25-45(41)49)33-24-26-46-42(29-33)40-19-9-11-22-44(40)50(46)36-15-4-3-5-16-36;1-12(2)15-11-7-9-14(4)17(15)16-10-6-5-8-13(16)3;1-2/h3-26,28-29,42,46H,2,27H2,1H3;5-11H,1H2,2-4H3;1-2H3/b48-30+;;. The molecule has 12 rings (SSSR count). The van der Waals surface area contributed by atoms with Gasteiger partial charge in [-0.25, -0.2) is 4.99 Å². The molecular formula is C66H59N3. The molecule has 9 aromatic rings. The molecule has 3 heteroatoms. The van der Waals surface area contributed by atoms with Crippen molar-refractivity contribution in [1.29, 1.82) is 0 Å². The maximum atomic E-state index is 5.20. The van der Waals surface area contributed by atoms with Crippen LogP contribution in [0.2, 0.25) is 0 Å². The Kier molecular flexibility index (Phi) is 12.3. The molecular weight excluding hydrogens is 835 g/mol. The third kappa shape index (κ3) is 8.08. The van der Waals surface area contributed by atoms with Gasteiger partial charge in [0, 0.05) is 39.3 Å². The van der Waals surface area contributed by atoms with Crippen molar-refractivity contribution in [2.24, 2.45) is 4.99 Å². The van der Waals surface area contributed by atoms with Crippen LogP contribution in [0.5, 0.6) is 0 Å². The van der Waals surface area contributed by atoms with Crippen LogP contribution in [-0.2, 0) is 6.42 Å². The van der Waals surface area contributed by atoms with Crippen molar-refractivity contribution in [2.75, 3.05) is 4.90 Å². The zero-order valence-electron chi connectivity index (χ0n) is 40.7. The Morgan fingerprint density at radius 1 is 0.580 bits per heavy atom. The Hall–Kier alpha value is -8.01. The molecule has 338 valence electrons. The first kappa shape index (κ1) is 44.8. The third-order valence-electron chi connectivity index (χ3n) is 14.0. The lowest BCUT2D eigenvalue weighted by molar-refractivity contribution is 0.747. The largest absolute Gasteiger partial charge is 0.333 e. The summed E-state index contributed by atoms with van der Waals surface area (Å²) in [5.74, 6) is 0.987. The van der Waals surface area contributed by atoms with E-state index in [4.69, 9.17) is 4.99 Å². The quantitative estimate of drug-likeness (QED) is 0.146. The van der Waals surface area contributed by atoms with Gasteiger partial charge in [0.15, 0.2) is 0 Å². The number of nitrogens with zero attached hydrogens (tertiary/aromatic N) is 3. The van der Waals surface area contributed by atoms with Crippen molar-refractivity contribution in [3.8, 4) is 22.3 Å². The van der Waals surface area contributed by atoms with Gasteiger partial charge in [-0.2, -0.15) is 0 Å². The fourth-order valence-electron chi connectivity index (χ4n) is 10.9. The SMILES string of the molecule is C=C(/N=C(\C)c1cccc2c1-c1ccccc1C2)n1c2ccccc2c2cc(C3=CC4c5ccccc5N(c5ccccc5)C4C=C3)ccc21.C=C(C)c1cccc(C)c1-c1ccccc1C.CC. The van der Waals surface area contributed by atoms with Crippen LogP contribution >= 0.6 is 0 Å². The monoisotopic (exact) mass is 893 g/mol. The van der Waals surface area contributed by atoms with E-state index in [1.807, 2.05) is 13.8 Å². The molecule has 2 unspecified atom stereocenters. The number of hydrogen-bond donors (Lipinski definition) is 0. The first-order chi connectivity index (χ1) is 33.7. The van der Waals surface area contributed by atoms with E-state index in [9.17, 15) is 0 Å². The van der Waals surface area contributed by atoms with E-state index in [1.54, 1.807) is 0 Å². The number of hydrogen-bond acceptors (Lipinski definition) is 2. The van der Waals surface area contributed by atoms with E-state index < -0.39 is 0 Å². The van der Waals surface area contributed by atoms with Gasteiger partial charge in [-0.3, -0.25) is 4.57 Å². The summed E-state index contributed by atoms with van der Waals surface area (Å²) in [4.78, 5) is 7.68. The molecule has 0 N–H and O–H groups in total. The maximum absolute atomic E-state index is 5.20. The van der Waals surface area contributed by atoms with Crippen LogP contribution in [0.1, 0.15) is 78.1 Å². The summed E-state index contributed by atoms with van der Waals surface area (Å²) in [5.41, 5.74) is 23.7. The fourth-order valence-corrected chi connectivity index (χ4v) is 10.9. The molecule has 0 amide bonds. The number of aromatic nitrogens is 1. The highest BCUT2D eigenvalue weighted by atomic mass is 15.2. The Morgan fingerprint density at radius 3 is 2.04 bits per heavy atom. The first-order valence-corrected chi connectivity index (χ1v) is 24.4. The van der Waals surface area contributed by atoms with E-state index in [0.29, 0.717) is 5.82 Å². The lowest BCUT2D eigenvalue weighted by Crippen LogP contribution is -2.28. The van der Waals surface area contributed by atoms with Crippen LogP contribution in [0.3, 0.4) is 0 Å². The normalized spacial score (nSPS) is 15.2. The molecule has 2 atom stereocenters. The molecule has 2 heterocycles. The molecule has 3 aliphatic rings. The number of para-hydroxylation sites is 3. The highest BCUT2D eigenvalue weighted by Gasteiger charge is 2.38. The van der Waals surface area contributed by atoms with Gasteiger partial charge in [0.1, 0.15) is 5.82 Å². The smallest absolute Gasteiger partial charge is 0.130 e. The molecule has 0 saturated heterocycles. The molecule has 0 bridgehead atoms. The summed E-state index contributed by atoms with van der Waals surface area (Å²) in [5, 5.41) is 2.41. The Bertz CT molecular complexity index is 3540. The molecule has 0 spiro atoms. The van der Waals surface area contributed by atoms with Gasteiger partial charge in [-0.15, -0.1) is 0 Å². The van der Waals surface area contributed by atoms with Crippen LogP contribution in [0.4, 0.5) is 11.4 Å². The van der Waals surface area contributed by atoms with E-state index in [-0.39, 0.29) is 12.0 Å². The fraction of sp³-hybridized carbons (Fsp3) is 0.136. The Labute approximate surface area is 408 Å². The van der Waals surface area contributed by atoms with Crippen molar-refractivity contribution in [2.45, 2.75) is 59.9 Å². The van der Waals surface area contributed by atoms with Crippen LogP contribution in [0, 0.1) is 13.8 Å². The van der Waals surface area contributed by atoms with Crippen molar-refractivity contribution in [1.82, 2.24) is 4.57 Å². The predicted octanol–water partition coefficient (Wildman–Crippen LogP) is 17.6. The topological polar surface area (TPSA) is 20.5 Å². The summed E-state index contributed by atoms with van der Waals surface area (Å²) in [6.07, 6.45) is 8.13. The van der Waals surface area contributed by atoms with Gasteiger partial charge in [0.05, 0.1) is 17.1 Å². The third-order valence-corrected chi connectivity index (χ3v) is 14.0. The van der Waals surface area contributed by atoms with Crippen LogP contribution in [-0.4, -0.2) is 16.3 Å². The molecule has 0 fully saturated rings. The predicted molar refractivity (Wildman–Crippen MR) is 298 cm³/mol. The van der Waals surface area contributed by atoms with E-state index in [0.717, 1.165) is 28.7 Å². The molecule has 2 aliphatic carbocycles. The van der Waals surface area contributed by atoms with Crippen LogP contribution < -0.4 is 4.90 Å². The Morgan fingerprint density at radius 2 is 1.23 bits per heavy atom. The average Bonchev–Trinajstić information content (AvgIpc) is 4.05. The second-order valence-corrected chi connectivity index (χ2v) is 18.2. The zero-order valence-corrected chi connectivity index (χ0v) is 40.7. The van der Waals surface area contributed by atoms with Crippen molar-refractivity contribution in [3.05, 3.63) is 258 Å². The number of allylic oxidation sites excluding steroid dienone is 3. The van der Waals surface area contributed by atoms with E-state index in [1.165, 1.54) is 94.5 Å². The highest BCUT2D eigenvalue weighted by Crippen LogP contribution is 2.49. The number of benzene rings is 8. The van der Waals surface area contributed by atoms with Gasteiger partial charge in [0.2, 0.25) is 0 Å². The molecule has 1 aliphatic heterocycles. The molecule has 0 radical (unpaired) electrons. The van der Waals surface area contributed by atoms with Crippen LogP contribution in [0.25, 0.3) is 61.0 Å². The van der Waals surface area contributed by atoms with Gasteiger partial charge in [0.25, 0.3) is 0 Å². The lowest BCUT2D eigenvalue weighted by atomic mass is 9.86. The van der Waals surface area contributed by atoms with Crippen molar-refractivity contribution in [3.63, 3.8) is 0 Å². The Balaban J connectivity index is 0.000000246. The van der Waals surface area contributed by atoms with Crippen molar-refractivity contribution < 1.29 is 0 Å². The summed E-state index contributed by atoms with van der Waals surface area (Å²) in [7, 11) is 0. The highest BCUT2D eigenvalue weighted by molar-refractivity contribution is 6.12. The van der Waals surface area contributed by atoms with Gasteiger partial charge >= 0.3 is 0 Å².